The van der Waals surface area contributed by atoms with Gasteiger partial charge in [-0.25, -0.2) is 4.79 Å². The van der Waals surface area contributed by atoms with Gasteiger partial charge in [0.05, 0.1) is 37.0 Å². The van der Waals surface area contributed by atoms with E-state index in [1.165, 1.54) is 11.8 Å². The van der Waals surface area contributed by atoms with Gasteiger partial charge in [0, 0.05) is 16.3 Å². The molecule has 0 spiro atoms. The molecule has 3 N–H and O–H groups in total. The fourth-order valence-electron chi connectivity index (χ4n) is 3.27. The molecule has 0 radical (unpaired) electrons. The molecule has 0 aliphatic rings. The van der Waals surface area contributed by atoms with Gasteiger partial charge in [0.2, 0.25) is 5.91 Å². The van der Waals surface area contributed by atoms with Gasteiger partial charge in [-0.15, -0.1) is 11.8 Å². The van der Waals surface area contributed by atoms with Gasteiger partial charge in [-0.3, -0.25) is 9.59 Å². The number of hydrogen-bond acceptors (Lipinski definition) is 4. The number of carboxylic acid groups (broad SMARTS) is 1. The molecule has 0 aliphatic heterocycles. The van der Waals surface area contributed by atoms with E-state index in [-0.39, 0.29) is 31.8 Å². The van der Waals surface area contributed by atoms with E-state index in [9.17, 15) is 19.5 Å². The molecule has 0 atom stereocenters. The van der Waals surface area contributed by atoms with Gasteiger partial charge < -0.3 is 15.7 Å². The summed E-state index contributed by atoms with van der Waals surface area (Å²) in [5, 5.41) is 13.8. The Hall–Kier alpha value is -2.42. The first kappa shape index (κ1) is 27.2. The van der Waals surface area contributed by atoms with Gasteiger partial charge in [-0.1, -0.05) is 52.5 Å². The molecular formula is C24H18Cl4N2O4S. The predicted octanol–water partition coefficient (Wildman–Crippen LogP) is 7.60. The van der Waals surface area contributed by atoms with E-state index in [4.69, 9.17) is 46.4 Å². The van der Waals surface area contributed by atoms with Crippen LogP contribution in [0.25, 0.3) is 0 Å². The molecule has 0 bridgehead atoms. The second-order valence-corrected chi connectivity index (χ2v) is 10.1. The largest absolute Gasteiger partial charge is 0.478 e. The van der Waals surface area contributed by atoms with E-state index >= 15 is 0 Å². The summed E-state index contributed by atoms with van der Waals surface area (Å²) in [5.41, 5.74) is 2.28. The first-order valence-corrected chi connectivity index (χ1v) is 12.5. The van der Waals surface area contributed by atoms with Crippen molar-refractivity contribution < 1.29 is 19.5 Å². The number of carbonyl (C=O) groups excluding carboxylic acids is 2. The molecule has 0 aromatic heterocycles. The van der Waals surface area contributed by atoms with Crippen molar-refractivity contribution >= 4 is 87.3 Å². The van der Waals surface area contributed by atoms with Crippen LogP contribution in [0.2, 0.25) is 20.1 Å². The number of aromatic carboxylic acids is 1. The lowest BCUT2D eigenvalue weighted by Crippen LogP contribution is -2.18. The second-order valence-electron chi connectivity index (χ2n) is 7.50. The lowest BCUT2D eigenvalue weighted by Gasteiger charge is -2.14. The van der Waals surface area contributed by atoms with Gasteiger partial charge in [0.1, 0.15) is 0 Å². The molecule has 0 saturated heterocycles. The Morgan fingerprint density at radius 1 is 0.771 bits per heavy atom. The zero-order valence-corrected chi connectivity index (χ0v) is 22.2. The third kappa shape index (κ3) is 6.63. The second kappa shape index (κ2) is 11.5. The Morgan fingerprint density at radius 2 is 1.31 bits per heavy atom. The van der Waals surface area contributed by atoms with Gasteiger partial charge in [0.25, 0.3) is 5.91 Å². The molecule has 3 rings (SSSR count). The minimum Gasteiger partial charge on any atom is -0.478 e. The van der Waals surface area contributed by atoms with Crippen LogP contribution in [0.3, 0.4) is 0 Å². The van der Waals surface area contributed by atoms with Gasteiger partial charge in [-0.2, -0.15) is 0 Å². The van der Waals surface area contributed by atoms with Crippen molar-refractivity contribution in [3.05, 3.63) is 84.8 Å². The number of hydrogen-bond donors (Lipinski definition) is 3. The number of nitrogens with one attached hydrogen (secondary N) is 2. The smallest absolute Gasteiger partial charge is 0.338 e. The lowest BCUT2D eigenvalue weighted by molar-refractivity contribution is -0.113. The molecule has 0 heterocycles. The first-order chi connectivity index (χ1) is 16.5. The van der Waals surface area contributed by atoms with Crippen LogP contribution in [0.15, 0.2) is 47.4 Å². The Balaban J connectivity index is 1.67. The summed E-state index contributed by atoms with van der Waals surface area (Å²) < 4.78 is 0. The van der Waals surface area contributed by atoms with Gasteiger partial charge in [-0.05, 0) is 61.4 Å². The summed E-state index contributed by atoms with van der Waals surface area (Å²) in [4.78, 5) is 37.6. The van der Waals surface area contributed by atoms with E-state index in [1.807, 2.05) is 32.0 Å². The molecule has 3 aromatic rings. The average molecular weight is 572 g/mol. The van der Waals surface area contributed by atoms with Gasteiger partial charge >= 0.3 is 5.97 Å². The Morgan fingerprint density at radius 3 is 1.86 bits per heavy atom. The highest BCUT2D eigenvalue weighted by atomic mass is 35.5. The summed E-state index contributed by atoms with van der Waals surface area (Å²) in [6, 6.07) is 12.5. The van der Waals surface area contributed by atoms with Crippen LogP contribution in [-0.2, 0) is 4.79 Å². The molecule has 6 nitrogen and oxygen atoms in total. The van der Waals surface area contributed by atoms with Crippen molar-refractivity contribution in [1.29, 1.82) is 0 Å². The summed E-state index contributed by atoms with van der Waals surface area (Å²) in [6.45, 7) is 3.93. The highest BCUT2D eigenvalue weighted by molar-refractivity contribution is 8.00. The normalized spacial score (nSPS) is 10.7. The summed E-state index contributed by atoms with van der Waals surface area (Å²) in [7, 11) is 0. The van der Waals surface area contributed by atoms with Crippen LogP contribution in [0.5, 0.6) is 0 Å². The molecule has 11 heteroatoms. The number of halogens is 4. The molecule has 35 heavy (non-hydrogen) atoms. The monoisotopic (exact) mass is 570 g/mol. The quantitative estimate of drug-likeness (QED) is 0.154. The third-order valence-electron chi connectivity index (χ3n) is 4.70. The average Bonchev–Trinajstić information content (AvgIpc) is 2.78. The highest BCUT2D eigenvalue weighted by Crippen LogP contribution is 2.41. The Bertz CT molecular complexity index is 1310. The maximum absolute atomic E-state index is 12.8. The SMILES string of the molecule is Cc1cc(C)cc(NC(=O)CSc2ccc(NC(=O)c3c(Cl)c(Cl)c(Cl)c(Cl)c3C(=O)O)cc2)c1. The maximum Gasteiger partial charge on any atom is 0.338 e. The Labute approximate surface area is 225 Å². The van der Waals surface area contributed by atoms with Crippen molar-refractivity contribution in [1.82, 2.24) is 0 Å². The fourth-order valence-corrected chi connectivity index (χ4v) is 4.98. The summed E-state index contributed by atoms with van der Waals surface area (Å²) in [6.07, 6.45) is 0. The first-order valence-electron chi connectivity index (χ1n) is 9.99. The van der Waals surface area contributed by atoms with E-state index in [1.54, 1.807) is 24.3 Å². The molecule has 0 unspecified atom stereocenters. The molecule has 2 amide bonds. The lowest BCUT2D eigenvalue weighted by atomic mass is 10.1. The minimum atomic E-state index is -1.48. The number of amides is 2. The van der Waals surface area contributed by atoms with Crippen LogP contribution in [-0.4, -0.2) is 28.6 Å². The zero-order chi connectivity index (χ0) is 25.9. The van der Waals surface area contributed by atoms with Crippen molar-refractivity contribution in [2.24, 2.45) is 0 Å². The van der Waals surface area contributed by atoms with Crippen LogP contribution in [0, 0.1) is 13.8 Å². The Kier molecular flexibility index (Phi) is 8.96. The number of thioether (sulfide) groups is 1. The van der Waals surface area contributed by atoms with Crippen LogP contribution in [0.4, 0.5) is 11.4 Å². The summed E-state index contributed by atoms with van der Waals surface area (Å²) >= 11 is 25.4. The van der Waals surface area contributed by atoms with Crippen molar-refractivity contribution in [3.8, 4) is 0 Å². The standard InChI is InChI=1S/C24H18Cl4N2O4S/c1-11-7-12(2)9-14(8-11)29-16(31)10-35-15-5-3-13(4-6-15)30-23(32)17-18(24(33)34)20(26)22(28)21(27)19(17)25/h3-9H,10H2,1-2H3,(H,29,31)(H,30,32)(H,33,34). The number of rotatable bonds is 7. The maximum atomic E-state index is 12.8. The molecule has 0 aliphatic carbocycles. The van der Waals surface area contributed by atoms with Gasteiger partial charge in [0.15, 0.2) is 0 Å². The van der Waals surface area contributed by atoms with Crippen LogP contribution < -0.4 is 10.6 Å². The predicted molar refractivity (Wildman–Crippen MR) is 143 cm³/mol. The topological polar surface area (TPSA) is 95.5 Å². The molecule has 0 fully saturated rings. The number of anilines is 2. The third-order valence-corrected chi connectivity index (χ3v) is 7.51. The van der Waals surface area contributed by atoms with Crippen molar-refractivity contribution in [3.63, 3.8) is 0 Å². The zero-order valence-electron chi connectivity index (χ0n) is 18.3. The number of carbonyl (C=O) groups is 3. The van der Waals surface area contributed by atoms with Crippen LogP contribution in [0.1, 0.15) is 31.8 Å². The molecule has 182 valence electrons. The molecule has 3 aromatic carbocycles. The van der Waals surface area contributed by atoms with E-state index in [0.29, 0.717) is 5.69 Å². The van der Waals surface area contributed by atoms with E-state index < -0.39 is 23.0 Å². The summed E-state index contributed by atoms with van der Waals surface area (Å²) in [5.74, 6) is -2.25. The number of benzene rings is 3. The minimum absolute atomic E-state index is 0.148. The molecule has 0 saturated carbocycles. The highest BCUT2D eigenvalue weighted by Gasteiger charge is 2.28. The molecular weight excluding hydrogens is 554 g/mol. The van der Waals surface area contributed by atoms with Crippen molar-refractivity contribution in [2.45, 2.75) is 18.7 Å². The van der Waals surface area contributed by atoms with Crippen molar-refractivity contribution in [2.75, 3.05) is 16.4 Å². The van der Waals surface area contributed by atoms with E-state index in [0.717, 1.165) is 21.7 Å². The van der Waals surface area contributed by atoms with Crippen LogP contribution >= 0.6 is 58.2 Å². The number of carboxylic acids is 1. The number of aryl methyl sites for hydroxylation is 2. The van der Waals surface area contributed by atoms with E-state index in [2.05, 4.69) is 10.6 Å². The fraction of sp³-hybridized carbons (Fsp3) is 0.125.